The highest BCUT2D eigenvalue weighted by Gasteiger charge is 2.17. The third-order valence-electron chi connectivity index (χ3n) is 2.55. The van der Waals surface area contributed by atoms with Crippen molar-refractivity contribution in [2.45, 2.75) is 6.43 Å². The van der Waals surface area contributed by atoms with Gasteiger partial charge in [-0.1, -0.05) is 48.0 Å². The zero-order valence-electron chi connectivity index (χ0n) is 9.24. The SMILES string of the molecule is O=C(c1ccc(-c2ccc(Cl)cc2)cc1)C(F)F. The number of carbonyl (C=O) groups is 1. The predicted octanol–water partition coefficient (Wildman–Crippen LogP) is 4.45. The number of carbonyl (C=O) groups excluding carboxylic acids is 1. The van der Waals surface area contributed by atoms with E-state index in [1.165, 1.54) is 12.1 Å². The highest BCUT2D eigenvalue weighted by molar-refractivity contribution is 6.30. The van der Waals surface area contributed by atoms with Crippen molar-refractivity contribution in [2.24, 2.45) is 0 Å². The molecular formula is C14H9ClF2O. The number of ketones is 1. The lowest BCUT2D eigenvalue weighted by Gasteiger charge is -2.04. The molecule has 0 bridgehead atoms. The molecule has 92 valence electrons. The van der Waals surface area contributed by atoms with E-state index in [0.717, 1.165) is 11.1 Å². The van der Waals surface area contributed by atoms with Gasteiger partial charge in [0.2, 0.25) is 5.78 Å². The lowest BCUT2D eigenvalue weighted by molar-refractivity contribution is 0.0679. The molecule has 1 nitrogen and oxygen atoms in total. The minimum atomic E-state index is -2.97. The highest BCUT2D eigenvalue weighted by Crippen LogP contribution is 2.22. The Hall–Kier alpha value is -1.74. The number of rotatable bonds is 3. The number of hydrogen-bond donors (Lipinski definition) is 0. The number of Topliss-reactive ketones (excluding diaryl/α,β-unsaturated/α-hetero) is 1. The second-order valence-corrected chi connectivity index (χ2v) is 4.19. The molecule has 0 amide bonds. The summed E-state index contributed by atoms with van der Waals surface area (Å²) in [6, 6.07) is 13.2. The fourth-order valence-corrected chi connectivity index (χ4v) is 1.72. The maximum atomic E-state index is 12.2. The van der Waals surface area contributed by atoms with Crippen LogP contribution in [0.4, 0.5) is 8.78 Å². The summed E-state index contributed by atoms with van der Waals surface area (Å²) < 4.78 is 24.4. The van der Waals surface area contributed by atoms with E-state index in [1.54, 1.807) is 24.3 Å². The van der Waals surface area contributed by atoms with Crippen molar-refractivity contribution < 1.29 is 13.6 Å². The van der Waals surface area contributed by atoms with Gasteiger partial charge in [-0.25, -0.2) is 8.78 Å². The smallest absolute Gasteiger partial charge is 0.288 e. The van der Waals surface area contributed by atoms with Crippen molar-refractivity contribution in [1.82, 2.24) is 0 Å². The average molecular weight is 267 g/mol. The van der Waals surface area contributed by atoms with Gasteiger partial charge in [0, 0.05) is 10.6 Å². The van der Waals surface area contributed by atoms with Gasteiger partial charge < -0.3 is 0 Å². The average Bonchev–Trinajstić information content (AvgIpc) is 2.39. The Kier molecular flexibility index (Phi) is 3.72. The van der Waals surface area contributed by atoms with Crippen LogP contribution in [0.25, 0.3) is 11.1 Å². The van der Waals surface area contributed by atoms with Gasteiger partial charge in [-0.15, -0.1) is 0 Å². The van der Waals surface area contributed by atoms with Crippen LogP contribution in [0.1, 0.15) is 10.4 Å². The van der Waals surface area contributed by atoms with E-state index in [4.69, 9.17) is 11.6 Å². The van der Waals surface area contributed by atoms with E-state index in [2.05, 4.69) is 0 Å². The van der Waals surface area contributed by atoms with Gasteiger partial charge in [-0.05, 0) is 23.3 Å². The van der Waals surface area contributed by atoms with Crippen LogP contribution in [0, 0.1) is 0 Å². The fourth-order valence-electron chi connectivity index (χ4n) is 1.60. The zero-order valence-corrected chi connectivity index (χ0v) is 9.99. The van der Waals surface area contributed by atoms with Crippen LogP contribution in [0.2, 0.25) is 5.02 Å². The van der Waals surface area contributed by atoms with Crippen LogP contribution in [0.5, 0.6) is 0 Å². The van der Waals surface area contributed by atoms with Crippen LogP contribution in [-0.4, -0.2) is 12.2 Å². The monoisotopic (exact) mass is 266 g/mol. The van der Waals surface area contributed by atoms with Crippen molar-refractivity contribution in [2.75, 3.05) is 0 Å². The molecule has 0 aliphatic heterocycles. The minimum Gasteiger partial charge on any atom is -0.288 e. The normalized spacial score (nSPS) is 10.7. The van der Waals surface area contributed by atoms with E-state index in [1.807, 2.05) is 12.1 Å². The van der Waals surface area contributed by atoms with Gasteiger partial charge in [-0.2, -0.15) is 0 Å². The number of benzene rings is 2. The largest absolute Gasteiger partial charge is 0.300 e. The summed E-state index contributed by atoms with van der Waals surface area (Å²) in [5.74, 6) is -1.15. The molecule has 2 aromatic carbocycles. The second-order valence-electron chi connectivity index (χ2n) is 3.75. The molecule has 0 aliphatic carbocycles. The molecule has 0 saturated heterocycles. The van der Waals surface area contributed by atoms with Crippen LogP contribution in [0.3, 0.4) is 0 Å². The summed E-state index contributed by atoms with van der Waals surface area (Å²) in [5, 5.41) is 0.628. The molecule has 0 fully saturated rings. The lowest BCUT2D eigenvalue weighted by atomic mass is 10.0. The van der Waals surface area contributed by atoms with Crippen LogP contribution < -0.4 is 0 Å². The van der Waals surface area contributed by atoms with Crippen molar-refractivity contribution >= 4 is 17.4 Å². The van der Waals surface area contributed by atoms with Crippen molar-refractivity contribution in [3.63, 3.8) is 0 Å². The van der Waals surface area contributed by atoms with Crippen molar-refractivity contribution in [1.29, 1.82) is 0 Å². The molecule has 0 heterocycles. The Morgan fingerprint density at radius 2 is 1.33 bits per heavy atom. The maximum Gasteiger partial charge on any atom is 0.300 e. The Labute approximate surface area is 108 Å². The van der Waals surface area contributed by atoms with E-state index in [9.17, 15) is 13.6 Å². The predicted molar refractivity (Wildman–Crippen MR) is 67.2 cm³/mol. The van der Waals surface area contributed by atoms with Crippen LogP contribution in [0.15, 0.2) is 48.5 Å². The van der Waals surface area contributed by atoms with Gasteiger partial charge in [0.15, 0.2) is 0 Å². The van der Waals surface area contributed by atoms with Crippen molar-refractivity contribution in [3.8, 4) is 11.1 Å². The van der Waals surface area contributed by atoms with Crippen LogP contribution in [-0.2, 0) is 0 Å². The quantitative estimate of drug-likeness (QED) is 0.750. The number of hydrogen-bond acceptors (Lipinski definition) is 1. The van der Waals surface area contributed by atoms with Crippen molar-refractivity contribution in [3.05, 3.63) is 59.1 Å². The van der Waals surface area contributed by atoms with E-state index in [0.29, 0.717) is 5.02 Å². The van der Waals surface area contributed by atoms with E-state index in [-0.39, 0.29) is 5.56 Å². The molecule has 0 N–H and O–H groups in total. The molecule has 0 saturated carbocycles. The first kappa shape index (κ1) is 12.7. The number of halogens is 3. The molecule has 0 aromatic heterocycles. The van der Waals surface area contributed by atoms with Gasteiger partial charge in [0.25, 0.3) is 0 Å². The molecule has 0 aliphatic rings. The summed E-state index contributed by atoms with van der Waals surface area (Å²) in [7, 11) is 0. The van der Waals surface area contributed by atoms with E-state index >= 15 is 0 Å². The second kappa shape index (κ2) is 5.27. The molecule has 18 heavy (non-hydrogen) atoms. The molecule has 0 unspecified atom stereocenters. The Morgan fingerprint density at radius 1 is 0.889 bits per heavy atom. The van der Waals surface area contributed by atoms with E-state index < -0.39 is 12.2 Å². The molecule has 0 radical (unpaired) electrons. The third kappa shape index (κ3) is 2.74. The summed E-state index contributed by atoms with van der Waals surface area (Å²) in [6.07, 6.45) is -2.97. The van der Waals surface area contributed by atoms with Gasteiger partial charge in [-0.3, -0.25) is 4.79 Å². The summed E-state index contributed by atoms with van der Waals surface area (Å²) >= 11 is 5.77. The van der Waals surface area contributed by atoms with Gasteiger partial charge >= 0.3 is 6.43 Å². The summed E-state index contributed by atoms with van der Waals surface area (Å²) in [4.78, 5) is 11.1. The summed E-state index contributed by atoms with van der Waals surface area (Å²) in [6.45, 7) is 0. The van der Waals surface area contributed by atoms with Crippen LogP contribution >= 0.6 is 11.6 Å². The topological polar surface area (TPSA) is 17.1 Å². The minimum absolute atomic E-state index is 0.0164. The standard InChI is InChI=1S/C14H9ClF2O/c15-12-7-5-10(6-8-12)9-1-3-11(4-2-9)13(18)14(16)17/h1-8,14H. The van der Waals surface area contributed by atoms with Gasteiger partial charge in [0.05, 0.1) is 0 Å². The zero-order chi connectivity index (χ0) is 13.1. The fraction of sp³-hybridized carbons (Fsp3) is 0.0714. The van der Waals surface area contributed by atoms with Gasteiger partial charge in [0.1, 0.15) is 0 Å². The Balaban J connectivity index is 2.27. The first-order valence-corrected chi connectivity index (χ1v) is 5.64. The third-order valence-corrected chi connectivity index (χ3v) is 2.80. The molecular weight excluding hydrogens is 258 g/mol. The summed E-state index contributed by atoms with van der Waals surface area (Å²) in [5.41, 5.74) is 1.77. The first-order chi connectivity index (χ1) is 8.58. The first-order valence-electron chi connectivity index (χ1n) is 5.26. The molecule has 0 atom stereocenters. The molecule has 2 aromatic rings. The molecule has 4 heteroatoms. The molecule has 0 spiro atoms. The lowest BCUT2D eigenvalue weighted by Crippen LogP contribution is -2.09. The molecule has 2 rings (SSSR count). The Morgan fingerprint density at radius 3 is 1.78 bits per heavy atom. The highest BCUT2D eigenvalue weighted by atomic mass is 35.5. The Bertz CT molecular complexity index is 547. The number of alkyl halides is 2. The maximum absolute atomic E-state index is 12.2.